The van der Waals surface area contributed by atoms with E-state index in [9.17, 15) is 14.0 Å². The number of carboxylic acids is 1. The second-order valence-corrected chi connectivity index (χ2v) is 6.60. The number of aliphatic carboxylic acids is 1. The van der Waals surface area contributed by atoms with Gasteiger partial charge in [-0.3, -0.25) is 14.7 Å². The van der Waals surface area contributed by atoms with Crippen molar-refractivity contribution < 1.29 is 19.1 Å². The van der Waals surface area contributed by atoms with Gasteiger partial charge in [-0.15, -0.1) is 0 Å². The van der Waals surface area contributed by atoms with Gasteiger partial charge in [0.15, 0.2) is 5.15 Å². The number of hydrogen-bond donors (Lipinski definition) is 3. The summed E-state index contributed by atoms with van der Waals surface area (Å²) in [7, 11) is 0. The number of aromatic amines is 1. The van der Waals surface area contributed by atoms with E-state index in [1.807, 2.05) is 0 Å². The summed E-state index contributed by atoms with van der Waals surface area (Å²) in [5.41, 5.74) is 2.62. The lowest BCUT2D eigenvalue weighted by molar-refractivity contribution is -0.136. The van der Waals surface area contributed by atoms with E-state index < -0.39 is 17.7 Å². The molecule has 0 radical (unpaired) electrons. The largest absolute Gasteiger partial charge is 0.481 e. The quantitative estimate of drug-likeness (QED) is 0.535. The minimum Gasteiger partial charge on any atom is -0.481 e. The Morgan fingerprint density at radius 2 is 2.11 bits per heavy atom. The molecule has 0 bridgehead atoms. The SMILES string of the molecule is Cc1c(F)ccc(CCC(=O)O)c1NC(=O)/C=C/c1ccc2c(Cl)n[nH]c2c1. The molecule has 0 aliphatic heterocycles. The van der Waals surface area contributed by atoms with Crippen LogP contribution in [0.3, 0.4) is 0 Å². The Hall–Kier alpha value is -3.19. The predicted molar refractivity (Wildman–Crippen MR) is 106 cm³/mol. The van der Waals surface area contributed by atoms with Crippen molar-refractivity contribution in [1.29, 1.82) is 0 Å². The van der Waals surface area contributed by atoms with Crippen LogP contribution >= 0.6 is 11.6 Å². The lowest BCUT2D eigenvalue weighted by atomic mass is 10.0. The van der Waals surface area contributed by atoms with Crippen LogP contribution in [0.2, 0.25) is 5.15 Å². The summed E-state index contributed by atoms with van der Waals surface area (Å²) in [4.78, 5) is 23.2. The van der Waals surface area contributed by atoms with Gasteiger partial charge in [-0.2, -0.15) is 5.10 Å². The summed E-state index contributed by atoms with van der Waals surface area (Å²) >= 11 is 5.94. The van der Waals surface area contributed by atoms with Gasteiger partial charge in [0.2, 0.25) is 5.91 Å². The maximum Gasteiger partial charge on any atom is 0.303 e. The zero-order valence-corrected chi connectivity index (χ0v) is 15.7. The molecule has 28 heavy (non-hydrogen) atoms. The zero-order valence-electron chi connectivity index (χ0n) is 14.9. The normalized spacial score (nSPS) is 11.2. The number of carbonyl (C=O) groups excluding carboxylic acids is 1. The molecule has 0 unspecified atom stereocenters. The first-order chi connectivity index (χ1) is 13.3. The number of fused-ring (bicyclic) bond motifs is 1. The number of amides is 1. The molecule has 8 heteroatoms. The molecular formula is C20H17ClFN3O3. The Labute approximate surface area is 165 Å². The highest BCUT2D eigenvalue weighted by Gasteiger charge is 2.13. The molecule has 0 fully saturated rings. The lowest BCUT2D eigenvalue weighted by Gasteiger charge is -2.13. The molecule has 1 heterocycles. The zero-order chi connectivity index (χ0) is 20.3. The predicted octanol–water partition coefficient (Wildman–Crippen LogP) is 4.33. The van der Waals surface area contributed by atoms with Crippen molar-refractivity contribution in [2.75, 3.05) is 5.32 Å². The average Bonchev–Trinajstić information content (AvgIpc) is 3.03. The number of nitrogens with zero attached hydrogens (tertiary/aromatic N) is 1. The minimum atomic E-state index is -0.964. The summed E-state index contributed by atoms with van der Waals surface area (Å²) in [6.45, 7) is 1.54. The molecular weight excluding hydrogens is 385 g/mol. The summed E-state index contributed by atoms with van der Waals surface area (Å²) in [5.74, 6) is -1.89. The molecule has 0 aliphatic carbocycles. The van der Waals surface area contributed by atoms with E-state index in [1.54, 1.807) is 24.3 Å². The third kappa shape index (κ3) is 4.37. The van der Waals surface area contributed by atoms with E-state index in [4.69, 9.17) is 16.7 Å². The van der Waals surface area contributed by atoms with Gasteiger partial charge in [0.05, 0.1) is 11.2 Å². The van der Waals surface area contributed by atoms with Crippen molar-refractivity contribution in [3.8, 4) is 0 Å². The van der Waals surface area contributed by atoms with Crippen LogP contribution in [-0.2, 0) is 16.0 Å². The Kier molecular flexibility index (Phi) is 5.75. The molecule has 1 amide bonds. The maximum absolute atomic E-state index is 13.9. The van der Waals surface area contributed by atoms with Gasteiger partial charge in [0.1, 0.15) is 5.82 Å². The Morgan fingerprint density at radius 1 is 1.32 bits per heavy atom. The average molecular weight is 402 g/mol. The third-order valence-electron chi connectivity index (χ3n) is 4.31. The lowest BCUT2D eigenvalue weighted by Crippen LogP contribution is -2.12. The highest BCUT2D eigenvalue weighted by molar-refractivity contribution is 6.34. The standard InChI is InChI=1S/C20H17ClFN3O3/c1-11-15(22)7-4-13(5-9-18(27)28)19(11)23-17(26)8-3-12-2-6-14-16(10-12)24-25-20(14)21/h2-4,6-8,10H,5,9H2,1H3,(H,23,26)(H,24,25)(H,27,28)/b8-3+. The summed E-state index contributed by atoms with van der Waals surface area (Å²) < 4.78 is 13.9. The van der Waals surface area contributed by atoms with Crippen LogP contribution in [0, 0.1) is 12.7 Å². The number of carboxylic acid groups (broad SMARTS) is 1. The second-order valence-electron chi connectivity index (χ2n) is 6.24. The maximum atomic E-state index is 13.9. The Bertz CT molecular complexity index is 1090. The first-order valence-corrected chi connectivity index (χ1v) is 8.85. The van der Waals surface area contributed by atoms with Crippen molar-refractivity contribution in [3.05, 3.63) is 64.1 Å². The van der Waals surface area contributed by atoms with Crippen LogP contribution in [0.5, 0.6) is 0 Å². The highest BCUT2D eigenvalue weighted by Crippen LogP contribution is 2.25. The number of rotatable bonds is 6. The van der Waals surface area contributed by atoms with Gasteiger partial charge in [-0.25, -0.2) is 4.39 Å². The molecule has 144 valence electrons. The fourth-order valence-corrected chi connectivity index (χ4v) is 3.02. The second kappa shape index (κ2) is 8.22. The Balaban J connectivity index is 1.78. The van der Waals surface area contributed by atoms with Gasteiger partial charge in [0.25, 0.3) is 0 Å². The van der Waals surface area contributed by atoms with Crippen LogP contribution in [0.4, 0.5) is 10.1 Å². The number of carbonyl (C=O) groups is 2. The molecule has 3 N–H and O–H groups in total. The van der Waals surface area contributed by atoms with E-state index >= 15 is 0 Å². The highest BCUT2D eigenvalue weighted by atomic mass is 35.5. The molecule has 0 saturated carbocycles. The van der Waals surface area contributed by atoms with Crippen LogP contribution in [0.1, 0.15) is 23.1 Å². The fraction of sp³-hybridized carbons (Fsp3) is 0.150. The van der Waals surface area contributed by atoms with Crippen LogP contribution in [0.25, 0.3) is 17.0 Å². The summed E-state index contributed by atoms with van der Waals surface area (Å²) in [6.07, 6.45) is 3.00. The number of anilines is 1. The minimum absolute atomic E-state index is 0.115. The van der Waals surface area contributed by atoms with Crippen molar-refractivity contribution in [1.82, 2.24) is 10.2 Å². The van der Waals surface area contributed by atoms with Crippen molar-refractivity contribution in [2.45, 2.75) is 19.8 Å². The number of aromatic nitrogens is 2. The van der Waals surface area contributed by atoms with Crippen molar-refractivity contribution in [2.24, 2.45) is 0 Å². The number of halogens is 2. The van der Waals surface area contributed by atoms with Gasteiger partial charge in [-0.05, 0) is 48.7 Å². The van der Waals surface area contributed by atoms with Crippen molar-refractivity contribution >= 4 is 46.1 Å². The topological polar surface area (TPSA) is 95.1 Å². The molecule has 1 aromatic heterocycles. The van der Waals surface area contributed by atoms with E-state index in [-0.39, 0.29) is 18.4 Å². The smallest absolute Gasteiger partial charge is 0.303 e. The number of aryl methyl sites for hydroxylation is 1. The molecule has 6 nitrogen and oxygen atoms in total. The van der Waals surface area contributed by atoms with E-state index in [0.29, 0.717) is 16.4 Å². The van der Waals surface area contributed by atoms with Crippen molar-refractivity contribution in [3.63, 3.8) is 0 Å². The molecule has 0 aliphatic rings. The summed E-state index contributed by atoms with van der Waals surface area (Å²) in [5, 5.41) is 19.4. The third-order valence-corrected chi connectivity index (χ3v) is 4.60. The van der Waals surface area contributed by atoms with Gasteiger partial charge in [0, 0.05) is 23.4 Å². The first kappa shape index (κ1) is 19.6. The van der Waals surface area contributed by atoms with Gasteiger partial charge < -0.3 is 10.4 Å². The molecule has 0 spiro atoms. The number of nitrogens with one attached hydrogen (secondary N) is 2. The van der Waals surface area contributed by atoms with Gasteiger partial charge >= 0.3 is 5.97 Å². The van der Waals surface area contributed by atoms with E-state index in [1.165, 1.54) is 25.1 Å². The fourth-order valence-electron chi connectivity index (χ4n) is 2.81. The summed E-state index contributed by atoms with van der Waals surface area (Å²) in [6, 6.07) is 8.13. The number of H-pyrrole nitrogens is 1. The number of hydrogen-bond acceptors (Lipinski definition) is 3. The van der Waals surface area contributed by atoms with E-state index in [2.05, 4.69) is 15.5 Å². The monoisotopic (exact) mass is 401 g/mol. The molecule has 0 atom stereocenters. The Morgan fingerprint density at radius 3 is 2.86 bits per heavy atom. The van der Waals surface area contributed by atoms with Crippen LogP contribution in [-0.4, -0.2) is 27.2 Å². The molecule has 2 aromatic carbocycles. The molecule has 3 aromatic rings. The van der Waals surface area contributed by atoms with E-state index in [0.717, 1.165) is 16.5 Å². The molecule has 3 rings (SSSR count). The number of benzene rings is 2. The first-order valence-electron chi connectivity index (χ1n) is 8.47. The van der Waals surface area contributed by atoms with Crippen LogP contribution in [0.15, 0.2) is 36.4 Å². The van der Waals surface area contributed by atoms with Crippen LogP contribution < -0.4 is 5.32 Å². The molecule has 0 saturated heterocycles. The van der Waals surface area contributed by atoms with Gasteiger partial charge in [-0.1, -0.05) is 23.7 Å².